The maximum Gasteiger partial charge on any atom is 0.247 e. The fraction of sp³-hybridized carbons (Fsp3) is 0.833. The molecule has 0 fully saturated rings. The standard InChI is InChI=1S/C6H15N3O2/c1-2-3-4(9-8)5(10)6(7)11/h4-5,9-10H,2-3,8H2,1H3,(H2,7,11). The number of hydrogen-bond acceptors (Lipinski definition) is 4. The van der Waals surface area contributed by atoms with Crippen molar-refractivity contribution in [3.8, 4) is 0 Å². The fourth-order valence-corrected chi connectivity index (χ4v) is 0.842. The van der Waals surface area contributed by atoms with Crippen molar-refractivity contribution in [1.82, 2.24) is 5.43 Å². The van der Waals surface area contributed by atoms with E-state index in [4.69, 9.17) is 16.7 Å². The third-order valence-electron chi connectivity index (χ3n) is 1.49. The lowest BCUT2D eigenvalue weighted by Crippen LogP contribution is -2.49. The Kier molecular flexibility index (Phi) is 4.76. The van der Waals surface area contributed by atoms with E-state index in [-0.39, 0.29) is 0 Å². The molecular weight excluding hydrogens is 146 g/mol. The number of amides is 1. The van der Waals surface area contributed by atoms with Gasteiger partial charge in [0.25, 0.3) is 0 Å². The Morgan fingerprint density at radius 2 is 2.27 bits per heavy atom. The number of primary amides is 1. The molecule has 2 unspecified atom stereocenters. The molecule has 0 radical (unpaired) electrons. The van der Waals surface area contributed by atoms with Gasteiger partial charge in [-0.1, -0.05) is 13.3 Å². The van der Waals surface area contributed by atoms with Crippen LogP contribution >= 0.6 is 0 Å². The average Bonchev–Trinajstić information content (AvgIpc) is 1.98. The average molecular weight is 161 g/mol. The summed E-state index contributed by atoms with van der Waals surface area (Å²) in [5.41, 5.74) is 7.19. The quantitative estimate of drug-likeness (QED) is 0.290. The van der Waals surface area contributed by atoms with Crippen LogP contribution < -0.4 is 17.0 Å². The van der Waals surface area contributed by atoms with Crippen LogP contribution in [-0.2, 0) is 4.79 Å². The second-order valence-corrected chi connectivity index (χ2v) is 2.41. The van der Waals surface area contributed by atoms with Crippen LogP contribution in [0.25, 0.3) is 0 Å². The van der Waals surface area contributed by atoms with Crippen molar-refractivity contribution in [1.29, 1.82) is 0 Å². The fourth-order valence-electron chi connectivity index (χ4n) is 0.842. The number of carbonyl (C=O) groups is 1. The molecule has 66 valence electrons. The zero-order valence-corrected chi connectivity index (χ0v) is 6.58. The lowest BCUT2D eigenvalue weighted by Gasteiger charge is -2.18. The lowest BCUT2D eigenvalue weighted by atomic mass is 10.1. The van der Waals surface area contributed by atoms with Gasteiger partial charge in [0.05, 0.1) is 6.04 Å². The summed E-state index contributed by atoms with van der Waals surface area (Å²) >= 11 is 0. The molecule has 0 aromatic heterocycles. The molecule has 5 nitrogen and oxygen atoms in total. The van der Waals surface area contributed by atoms with Crippen LogP contribution in [0, 0.1) is 0 Å². The molecule has 0 spiro atoms. The number of hydrazine groups is 1. The van der Waals surface area contributed by atoms with Gasteiger partial charge in [0.2, 0.25) is 5.91 Å². The van der Waals surface area contributed by atoms with E-state index in [1.54, 1.807) is 0 Å². The normalized spacial score (nSPS) is 15.9. The summed E-state index contributed by atoms with van der Waals surface area (Å²) in [6, 6.07) is -0.433. The van der Waals surface area contributed by atoms with Crippen molar-refractivity contribution in [3.05, 3.63) is 0 Å². The molecule has 0 saturated carbocycles. The monoisotopic (exact) mass is 161 g/mol. The van der Waals surface area contributed by atoms with Gasteiger partial charge in [0, 0.05) is 0 Å². The number of aliphatic hydroxyl groups excluding tert-OH is 1. The molecule has 0 heterocycles. The number of nitrogens with two attached hydrogens (primary N) is 2. The molecule has 0 aliphatic rings. The summed E-state index contributed by atoms with van der Waals surface area (Å²) in [4.78, 5) is 10.5. The largest absolute Gasteiger partial charge is 0.382 e. The molecule has 0 saturated heterocycles. The number of rotatable bonds is 5. The summed E-state index contributed by atoms with van der Waals surface area (Å²) in [6.07, 6.45) is 0.264. The van der Waals surface area contributed by atoms with Crippen molar-refractivity contribution >= 4 is 5.91 Å². The molecule has 11 heavy (non-hydrogen) atoms. The van der Waals surface area contributed by atoms with E-state index in [1.807, 2.05) is 6.92 Å². The second kappa shape index (κ2) is 5.06. The van der Waals surface area contributed by atoms with Gasteiger partial charge in [-0.05, 0) is 6.42 Å². The molecule has 0 aliphatic heterocycles. The molecule has 0 aromatic carbocycles. The minimum absolute atomic E-state index is 0.433. The van der Waals surface area contributed by atoms with Crippen LogP contribution in [0.1, 0.15) is 19.8 Å². The lowest BCUT2D eigenvalue weighted by molar-refractivity contribution is -0.127. The zero-order chi connectivity index (χ0) is 8.85. The molecule has 5 heteroatoms. The van der Waals surface area contributed by atoms with E-state index in [0.717, 1.165) is 6.42 Å². The molecule has 0 bridgehead atoms. The summed E-state index contributed by atoms with van der Waals surface area (Å²) in [7, 11) is 0. The minimum Gasteiger partial charge on any atom is -0.382 e. The smallest absolute Gasteiger partial charge is 0.247 e. The van der Waals surface area contributed by atoms with Crippen LogP contribution in [0.2, 0.25) is 0 Å². The van der Waals surface area contributed by atoms with Gasteiger partial charge in [-0.25, -0.2) is 0 Å². The number of hydrogen-bond donors (Lipinski definition) is 4. The first kappa shape index (κ1) is 10.3. The van der Waals surface area contributed by atoms with E-state index in [0.29, 0.717) is 6.42 Å². The Labute approximate surface area is 65.7 Å². The van der Waals surface area contributed by atoms with E-state index in [9.17, 15) is 4.79 Å². The molecule has 6 N–H and O–H groups in total. The first-order valence-electron chi connectivity index (χ1n) is 3.57. The second-order valence-electron chi connectivity index (χ2n) is 2.41. The third-order valence-corrected chi connectivity index (χ3v) is 1.49. The first-order chi connectivity index (χ1) is 5.13. The van der Waals surface area contributed by atoms with Crippen LogP contribution in [-0.4, -0.2) is 23.2 Å². The summed E-state index contributed by atoms with van der Waals surface area (Å²) < 4.78 is 0. The summed E-state index contributed by atoms with van der Waals surface area (Å²) in [5.74, 6) is 4.33. The third kappa shape index (κ3) is 3.31. The molecule has 2 atom stereocenters. The molecular formula is C6H15N3O2. The van der Waals surface area contributed by atoms with E-state index in [2.05, 4.69) is 5.43 Å². The molecule has 0 aromatic rings. The predicted octanol–water partition coefficient (Wildman–Crippen LogP) is -1.54. The highest BCUT2D eigenvalue weighted by atomic mass is 16.3. The first-order valence-corrected chi connectivity index (χ1v) is 3.57. The molecule has 0 aliphatic carbocycles. The number of carbonyl (C=O) groups excluding carboxylic acids is 1. The van der Waals surface area contributed by atoms with Crippen molar-refractivity contribution in [3.63, 3.8) is 0 Å². The van der Waals surface area contributed by atoms with Gasteiger partial charge in [-0.2, -0.15) is 0 Å². The van der Waals surface area contributed by atoms with Crippen molar-refractivity contribution in [2.24, 2.45) is 11.6 Å². The van der Waals surface area contributed by atoms with E-state index < -0.39 is 18.1 Å². The summed E-state index contributed by atoms with van der Waals surface area (Å²) in [5, 5.41) is 9.10. The Morgan fingerprint density at radius 3 is 2.55 bits per heavy atom. The van der Waals surface area contributed by atoms with Crippen LogP contribution in [0.5, 0.6) is 0 Å². The molecule has 0 rings (SSSR count). The van der Waals surface area contributed by atoms with Gasteiger partial charge in [-0.3, -0.25) is 16.1 Å². The molecule has 1 amide bonds. The van der Waals surface area contributed by atoms with Gasteiger partial charge in [-0.15, -0.1) is 0 Å². The Hall–Kier alpha value is -0.650. The zero-order valence-electron chi connectivity index (χ0n) is 6.58. The van der Waals surface area contributed by atoms with Gasteiger partial charge in [0.1, 0.15) is 6.10 Å². The van der Waals surface area contributed by atoms with Gasteiger partial charge >= 0.3 is 0 Å². The van der Waals surface area contributed by atoms with E-state index in [1.165, 1.54) is 0 Å². The van der Waals surface area contributed by atoms with Crippen LogP contribution in [0.4, 0.5) is 0 Å². The number of aliphatic hydroxyl groups is 1. The van der Waals surface area contributed by atoms with Gasteiger partial charge in [0.15, 0.2) is 0 Å². The predicted molar refractivity (Wildman–Crippen MR) is 41.2 cm³/mol. The highest BCUT2D eigenvalue weighted by Crippen LogP contribution is 2.00. The Bertz CT molecular complexity index is 129. The van der Waals surface area contributed by atoms with Crippen LogP contribution in [0.15, 0.2) is 0 Å². The Balaban J connectivity index is 3.91. The van der Waals surface area contributed by atoms with Crippen molar-refractivity contribution < 1.29 is 9.90 Å². The number of nitrogens with one attached hydrogen (secondary N) is 1. The van der Waals surface area contributed by atoms with Crippen molar-refractivity contribution in [2.45, 2.75) is 31.9 Å². The van der Waals surface area contributed by atoms with Crippen LogP contribution in [0.3, 0.4) is 0 Å². The minimum atomic E-state index is -1.19. The highest BCUT2D eigenvalue weighted by Gasteiger charge is 2.21. The maximum absolute atomic E-state index is 10.5. The van der Waals surface area contributed by atoms with Crippen molar-refractivity contribution in [2.75, 3.05) is 0 Å². The highest BCUT2D eigenvalue weighted by molar-refractivity contribution is 5.79. The van der Waals surface area contributed by atoms with E-state index >= 15 is 0 Å². The maximum atomic E-state index is 10.5. The SMILES string of the molecule is CCCC(NN)C(O)C(N)=O. The summed E-state index contributed by atoms with van der Waals surface area (Å²) in [6.45, 7) is 1.93. The Morgan fingerprint density at radius 1 is 1.73 bits per heavy atom. The topological polar surface area (TPSA) is 101 Å². The van der Waals surface area contributed by atoms with Gasteiger partial charge < -0.3 is 10.8 Å².